The zero-order valence-corrected chi connectivity index (χ0v) is 23.4. The van der Waals surface area contributed by atoms with Crippen LogP contribution in [0.1, 0.15) is 62.7 Å². The molecule has 0 amide bonds. The molecule has 0 fully saturated rings. The Morgan fingerprint density at radius 3 is 2.26 bits per heavy atom. The van der Waals surface area contributed by atoms with Gasteiger partial charge < -0.3 is 14.4 Å². The van der Waals surface area contributed by atoms with Gasteiger partial charge in [0.25, 0.3) is 0 Å². The van der Waals surface area contributed by atoms with Crippen LogP contribution in [-0.2, 0) is 24.2 Å². The summed E-state index contributed by atoms with van der Waals surface area (Å²) in [7, 11) is 0. The number of rotatable bonds is 9. The summed E-state index contributed by atoms with van der Waals surface area (Å²) >= 11 is 0. The summed E-state index contributed by atoms with van der Waals surface area (Å²) in [6.07, 6.45) is 5.96. The average molecular weight is 520 g/mol. The number of para-hydroxylation sites is 1. The number of pyridine rings is 2. The molecule has 0 saturated carbocycles. The van der Waals surface area contributed by atoms with Gasteiger partial charge in [-0.25, -0.2) is 0 Å². The number of aliphatic hydroxyl groups is 1. The van der Waals surface area contributed by atoms with Crippen molar-refractivity contribution in [2.24, 2.45) is 5.92 Å². The summed E-state index contributed by atoms with van der Waals surface area (Å²) in [6.45, 7) is 11.6. The highest BCUT2D eigenvalue weighted by molar-refractivity contribution is 5.86. The van der Waals surface area contributed by atoms with Crippen LogP contribution in [0.25, 0.3) is 10.9 Å². The van der Waals surface area contributed by atoms with E-state index in [0.717, 1.165) is 17.0 Å². The van der Waals surface area contributed by atoms with Crippen molar-refractivity contribution in [2.45, 2.75) is 58.8 Å². The van der Waals surface area contributed by atoms with Crippen molar-refractivity contribution in [1.82, 2.24) is 14.5 Å². The van der Waals surface area contributed by atoms with E-state index in [4.69, 9.17) is 4.74 Å². The molecule has 1 N–H and O–H groups in total. The lowest BCUT2D eigenvalue weighted by Gasteiger charge is -2.35. The smallest absolute Gasteiger partial charge is 0.130 e. The van der Waals surface area contributed by atoms with Crippen molar-refractivity contribution >= 4 is 10.9 Å². The van der Waals surface area contributed by atoms with Crippen molar-refractivity contribution < 1.29 is 9.84 Å². The monoisotopic (exact) mass is 519 g/mol. The molecule has 3 heterocycles. The number of hydrogen-bond donors (Lipinski definition) is 1. The SMILES string of the molecule is CC(C)C(C)(c1ccc(OCc2ccccn2)cc1)c1cn(Cc2ccc(C(C)(C)O)nc2)c2ccccc12. The normalized spacial score (nSPS) is 13.5. The summed E-state index contributed by atoms with van der Waals surface area (Å²) < 4.78 is 8.32. The lowest BCUT2D eigenvalue weighted by atomic mass is 9.68. The molecule has 200 valence electrons. The van der Waals surface area contributed by atoms with Crippen molar-refractivity contribution in [3.8, 4) is 5.75 Å². The molecule has 0 aliphatic carbocycles. The van der Waals surface area contributed by atoms with Crippen LogP contribution >= 0.6 is 0 Å². The number of aromatic nitrogens is 3. The molecule has 0 aliphatic heterocycles. The zero-order valence-electron chi connectivity index (χ0n) is 23.4. The van der Waals surface area contributed by atoms with Crippen LogP contribution in [0.5, 0.6) is 5.75 Å². The maximum absolute atomic E-state index is 10.3. The van der Waals surface area contributed by atoms with Gasteiger partial charge in [0.05, 0.1) is 11.4 Å². The second kappa shape index (κ2) is 10.7. The number of nitrogens with zero attached hydrogens (tertiary/aromatic N) is 3. The number of fused-ring (bicyclic) bond motifs is 1. The van der Waals surface area contributed by atoms with Gasteiger partial charge in [0, 0.05) is 41.5 Å². The van der Waals surface area contributed by atoms with Gasteiger partial charge in [0.15, 0.2) is 0 Å². The lowest BCUT2D eigenvalue weighted by Crippen LogP contribution is -2.30. The first-order chi connectivity index (χ1) is 18.7. The quantitative estimate of drug-likeness (QED) is 0.223. The van der Waals surface area contributed by atoms with Crippen LogP contribution in [0, 0.1) is 5.92 Å². The standard InChI is InChI=1S/C34H37N3O2/c1-24(2)34(5,26-14-16-28(17-15-26)39-23-27-10-8-9-19-35-27)30-22-37(31-12-7-6-11-29(30)31)21-25-13-18-32(36-20-25)33(3,4)38/h6-20,22,24,38H,21,23H2,1-5H3. The van der Waals surface area contributed by atoms with Gasteiger partial charge in [-0.05, 0) is 72.9 Å². The molecule has 5 nitrogen and oxygen atoms in total. The molecular formula is C34H37N3O2. The Morgan fingerprint density at radius 2 is 1.62 bits per heavy atom. The molecule has 5 rings (SSSR count). The summed E-state index contributed by atoms with van der Waals surface area (Å²) in [5.74, 6) is 1.18. The van der Waals surface area contributed by atoms with E-state index in [9.17, 15) is 5.11 Å². The summed E-state index contributed by atoms with van der Waals surface area (Å²) in [4.78, 5) is 8.87. The minimum Gasteiger partial charge on any atom is -0.487 e. The van der Waals surface area contributed by atoms with Crippen LogP contribution in [0.3, 0.4) is 0 Å². The highest BCUT2D eigenvalue weighted by atomic mass is 16.5. The predicted octanol–water partition coefficient (Wildman–Crippen LogP) is 7.25. The topological polar surface area (TPSA) is 60.2 Å². The van der Waals surface area contributed by atoms with Crippen molar-refractivity contribution in [3.63, 3.8) is 0 Å². The first-order valence-electron chi connectivity index (χ1n) is 13.6. The van der Waals surface area contributed by atoms with E-state index >= 15 is 0 Å². The fourth-order valence-electron chi connectivity index (χ4n) is 5.21. The molecule has 0 aliphatic rings. The molecule has 0 radical (unpaired) electrons. The second-order valence-corrected chi connectivity index (χ2v) is 11.3. The fraction of sp³-hybridized carbons (Fsp3) is 0.294. The number of ether oxygens (including phenoxy) is 1. The largest absolute Gasteiger partial charge is 0.487 e. The average Bonchev–Trinajstić information content (AvgIpc) is 3.30. The van der Waals surface area contributed by atoms with Gasteiger partial charge in [-0.2, -0.15) is 0 Å². The van der Waals surface area contributed by atoms with E-state index in [0.29, 0.717) is 24.8 Å². The van der Waals surface area contributed by atoms with Crippen LogP contribution in [0.15, 0.2) is 97.5 Å². The van der Waals surface area contributed by atoms with E-state index in [-0.39, 0.29) is 5.41 Å². The maximum Gasteiger partial charge on any atom is 0.130 e. The van der Waals surface area contributed by atoms with E-state index in [2.05, 4.69) is 96.1 Å². The van der Waals surface area contributed by atoms with Gasteiger partial charge in [-0.3, -0.25) is 9.97 Å². The minimum atomic E-state index is -0.954. The Bertz CT molecular complexity index is 1530. The molecule has 1 unspecified atom stereocenters. The Kier molecular flexibility index (Phi) is 7.28. The molecule has 1 atom stereocenters. The Hall–Kier alpha value is -3.96. The van der Waals surface area contributed by atoms with Crippen molar-refractivity contribution in [2.75, 3.05) is 0 Å². The fourth-order valence-corrected chi connectivity index (χ4v) is 5.21. The Balaban J connectivity index is 1.47. The summed E-state index contributed by atoms with van der Waals surface area (Å²) in [5.41, 5.74) is 5.25. The third-order valence-electron chi connectivity index (χ3n) is 7.87. The molecule has 39 heavy (non-hydrogen) atoms. The van der Waals surface area contributed by atoms with Crippen LogP contribution in [0.4, 0.5) is 0 Å². The predicted molar refractivity (Wildman–Crippen MR) is 157 cm³/mol. The molecule has 0 spiro atoms. The third kappa shape index (κ3) is 5.45. The molecule has 3 aromatic heterocycles. The Morgan fingerprint density at radius 1 is 0.872 bits per heavy atom. The van der Waals surface area contributed by atoms with Crippen LogP contribution < -0.4 is 4.74 Å². The van der Waals surface area contributed by atoms with Gasteiger partial charge in [0.1, 0.15) is 18.0 Å². The van der Waals surface area contributed by atoms with Gasteiger partial charge in [-0.15, -0.1) is 0 Å². The molecule has 2 aromatic carbocycles. The highest BCUT2D eigenvalue weighted by Crippen LogP contribution is 2.43. The van der Waals surface area contributed by atoms with Gasteiger partial charge in [0.2, 0.25) is 0 Å². The zero-order chi connectivity index (χ0) is 27.6. The van der Waals surface area contributed by atoms with E-state index in [1.807, 2.05) is 30.5 Å². The first kappa shape index (κ1) is 26.6. The van der Waals surface area contributed by atoms with Crippen LogP contribution in [0.2, 0.25) is 0 Å². The maximum atomic E-state index is 10.3. The minimum absolute atomic E-state index is 0.215. The van der Waals surface area contributed by atoms with Crippen LogP contribution in [-0.4, -0.2) is 19.6 Å². The third-order valence-corrected chi connectivity index (χ3v) is 7.87. The molecule has 5 heteroatoms. The Labute approximate surface area is 231 Å². The molecule has 5 aromatic rings. The molecule has 0 bridgehead atoms. The van der Waals surface area contributed by atoms with Gasteiger partial charge >= 0.3 is 0 Å². The van der Waals surface area contributed by atoms with Crippen molar-refractivity contribution in [3.05, 3.63) is 126 Å². The first-order valence-corrected chi connectivity index (χ1v) is 13.6. The second-order valence-electron chi connectivity index (χ2n) is 11.3. The number of hydrogen-bond acceptors (Lipinski definition) is 4. The van der Waals surface area contributed by atoms with E-state index in [1.54, 1.807) is 20.0 Å². The summed E-state index contributed by atoms with van der Waals surface area (Å²) in [6, 6.07) is 27.0. The van der Waals surface area contributed by atoms with E-state index in [1.165, 1.54) is 22.0 Å². The van der Waals surface area contributed by atoms with E-state index < -0.39 is 5.60 Å². The highest BCUT2D eigenvalue weighted by Gasteiger charge is 2.35. The summed E-state index contributed by atoms with van der Waals surface area (Å²) in [5, 5.41) is 11.5. The van der Waals surface area contributed by atoms with Gasteiger partial charge in [-0.1, -0.05) is 63.2 Å². The molecular weight excluding hydrogens is 482 g/mol. The molecule has 0 saturated heterocycles. The van der Waals surface area contributed by atoms with Crippen molar-refractivity contribution in [1.29, 1.82) is 0 Å². The number of benzene rings is 2. The lowest BCUT2D eigenvalue weighted by molar-refractivity contribution is 0.0738.